The smallest absolute Gasteiger partial charge is 0.346 e. The Hall–Kier alpha value is -2.35. The molecule has 0 aliphatic heterocycles. The van der Waals surface area contributed by atoms with Crippen molar-refractivity contribution in [3.8, 4) is 0 Å². The fourth-order valence-electron chi connectivity index (χ4n) is 1.57. The van der Waals surface area contributed by atoms with Crippen LogP contribution in [0.4, 0.5) is 0 Å². The molecule has 0 spiro atoms. The second-order valence-corrected chi connectivity index (χ2v) is 5.01. The first-order chi connectivity index (χ1) is 9.41. The molecule has 8 heteroatoms. The largest absolute Gasteiger partial charge is 0.478 e. The summed E-state index contributed by atoms with van der Waals surface area (Å²) in [5, 5.41) is 13.0. The quantitative estimate of drug-likeness (QED) is 0.876. The highest BCUT2D eigenvalue weighted by Gasteiger charge is 2.15. The number of nitrogens with zero attached hydrogens (tertiary/aromatic N) is 3. The van der Waals surface area contributed by atoms with Crippen molar-refractivity contribution in [2.24, 2.45) is 14.1 Å². The van der Waals surface area contributed by atoms with Crippen molar-refractivity contribution < 1.29 is 9.90 Å². The molecule has 0 aliphatic rings. The number of carbonyl (C=O) groups is 1. The van der Waals surface area contributed by atoms with E-state index in [2.05, 4.69) is 5.10 Å². The Balaban J connectivity index is 2.54. The average molecular weight is 293 g/mol. The Morgan fingerprint density at radius 3 is 2.55 bits per heavy atom. The Bertz CT molecular complexity index is 794. The van der Waals surface area contributed by atoms with E-state index in [0.29, 0.717) is 4.90 Å². The first kappa shape index (κ1) is 14.1. The minimum atomic E-state index is -1.09. The van der Waals surface area contributed by atoms with Crippen molar-refractivity contribution in [1.29, 1.82) is 0 Å². The topological polar surface area (TPSA) is 94.2 Å². The lowest BCUT2D eigenvalue weighted by molar-refractivity contribution is 0.0693. The Kier molecular flexibility index (Phi) is 3.75. The summed E-state index contributed by atoms with van der Waals surface area (Å²) >= 11 is 0.921. The lowest BCUT2D eigenvalue weighted by Gasteiger charge is -2.07. The minimum absolute atomic E-state index is 0.0447. The molecular weight excluding hydrogens is 282 g/mol. The Labute approximate surface area is 117 Å². The fraction of sp³-hybridized carbons (Fsp3) is 0.167. The predicted octanol–water partition coefficient (Wildman–Crippen LogP) is 0.328. The molecule has 0 radical (unpaired) electrons. The zero-order chi connectivity index (χ0) is 14.9. The zero-order valence-corrected chi connectivity index (χ0v) is 11.5. The SMILES string of the molecule is Cn1nc(Sc2ccccc2C(=O)O)c(=O)n(C)c1=O. The van der Waals surface area contributed by atoms with Crippen molar-refractivity contribution >= 4 is 17.7 Å². The molecule has 7 nitrogen and oxygen atoms in total. The van der Waals surface area contributed by atoms with Crippen LogP contribution in [-0.4, -0.2) is 25.4 Å². The van der Waals surface area contributed by atoms with Gasteiger partial charge in [0.1, 0.15) is 0 Å². The van der Waals surface area contributed by atoms with E-state index < -0.39 is 17.2 Å². The predicted molar refractivity (Wildman–Crippen MR) is 72.2 cm³/mol. The van der Waals surface area contributed by atoms with Gasteiger partial charge in [0.15, 0.2) is 5.03 Å². The van der Waals surface area contributed by atoms with Gasteiger partial charge in [-0.3, -0.25) is 9.36 Å². The van der Waals surface area contributed by atoms with E-state index in [0.717, 1.165) is 21.0 Å². The lowest BCUT2D eigenvalue weighted by Crippen LogP contribution is -2.39. The number of aromatic nitrogens is 3. The molecule has 0 unspecified atom stereocenters. The van der Waals surface area contributed by atoms with Crippen LogP contribution in [0.1, 0.15) is 10.4 Å². The van der Waals surface area contributed by atoms with Gasteiger partial charge in [-0.1, -0.05) is 23.9 Å². The molecule has 0 saturated carbocycles. The fourth-order valence-corrected chi connectivity index (χ4v) is 2.58. The van der Waals surface area contributed by atoms with Crippen molar-refractivity contribution in [3.05, 3.63) is 50.7 Å². The second kappa shape index (κ2) is 5.33. The maximum Gasteiger partial charge on any atom is 0.346 e. The normalized spacial score (nSPS) is 10.5. The monoisotopic (exact) mass is 293 g/mol. The van der Waals surface area contributed by atoms with Crippen LogP contribution in [-0.2, 0) is 14.1 Å². The maximum absolute atomic E-state index is 11.9. The summed E-state index contributed by atoms with van der Waals surface area (Å²) in [6, 6.07) is 6.29. The summed E-state index contributed by atoms with van der Waals surface area (Å²) < 4.78 is 1.96. The lowest BCUT2D eigenvalue weighted by atomic mass is 10.2. The zero-order valence-electron chi connectivity index (χ0n) is 10.7. The molecule has 1 heterocycles. The number of hydrogen-bond acceptors (Lipinski definition) is 5. The standard InChI is InChI=1S/C12H11N3O4S/c1-14-10(16)9(13-15(2)12(14)19)20-8-6-4-3-5-7(8)11(17)18/h3-6H,1-2H3,(H,17,18). The van der Waals surface area contributed by atoms with E-state index in [4.69, 9.17) is 5.11 Å². The van der Waals surface area contributed by atoms with Gasteiger partial charge >= 0.3 is 11.7 Å². The molecule has 0 saturated heterocycles. The highest BCUT2D eigenvalue weighted by atomic mass is 32.2. The summed E-state index contributed by atoms with van der Waals surface area (Å²) in [5.41, 5.74) is -1.01. The molecular formula is C12H11N3O4S. The number of carboxylic acids is 1. The minimum Gasteiger partial charge on any atom is -0.478 e. The van der Waals surface area contributed by atoms with Crippen LogP contribution in [0.15, 0.2) is 43.8 Å². The molecule has 1 N–H and O–H groups in total. The summed E-state index contributed by atoms with van der Waals surface area (Å²) in [6.45, 7) is 0. The van der Waals surface area contributed by atoms with E-state index in [1.165, 1.54) is 20.2 Å². The first-order valence-electron chi connectivity index (χ1n) is 5.56. The molecule has 0 fully saturated rings. The Morgan fingerprint density at radius 1 is 1.25 bits per heavy atom. The molecule has 0 amide bonds. The third-order valence-electron chi connectivity index (χ3n) is 2.62. The number of carboxylic acid groups (broad SMARTS) is 1. The van der Waals surface area contributed by atoms with Gasteiger partial charge in [0.25, 0.3) is 5.56 Å². The number of aryl methyl sites for hydroxylation is 1. The first-order valence-corrected chi connectivity index (χ1v) is 6.38. The van der Waals surface area contributed by atoms with Crippen molar-refractivity contribution in [1.82, 2.24) is 14.3 Å². The molecule has 104 valence electrons. The van der Waals surface area contributed by atoms with Gasteiger partial charge in [0.2, 0.25) is 0 Å². The average Bonchev–Trinajstić information content (AvgIpc) is 2.43. The molecule has 0 atom stereocenters. The molecule has 1 aromatic heterocycles. The molecule has 1 aromatic carbocycles. The second-order valence-electron chi connectivity index (χ2n) is 3.98. The summed E-state index contributed by atoms with van der Waals surface area (Å²) in [4.78, 5) is 35.0. The van der Waals surface area contributed by atoms with Gasteiger partial charge in [-0.25, -0.2) is 14.3 Å². The molecule has 2 aromatic rings. The summed E-state index contributed by atoms with van der Waals surface area (Å²) in [5.74, 6) is -1.09. The highest BCUT2D eigenvalue weighted by Crippen LogP contribution is 2.26. The summed E-state index contributed by atoms with van der Waals surface area (Å²) in [6.07, 6.45) is 0. The highest BCUT2D eigenvalue weighted by molar-refractivity contribution is 7.99. The molecule has 0 aliphatic carbocycles. The van der Waals surface area contributed by atoms with Crippen LogP contribution in [0.3, 0.4) is 0 Å². The van der Waals surface area contributed by atoms with Crippen LogP contribution in [0.5, 0.6) is 0 Å². The van der Waals surface area contributed by atoms with Crippen molar-refractivity contribution in [2.75, 3.05) is 0 Å². The van der Waals surface area contributed by atoms with Gasteiger partial charge < -0.3 is 5.11 Å². The van der Waals surface area contributed by atoms with Crippen LogP contribution in [0.25, 0.3) is 0 Å². The van der Waals surface area contributed by atoms with E-state index >= 15 is 0 Å². The molecule has 0 bridgehead atoms. The van der Waals surface area contributed by atoms with Crippen molar-refractivity contribution in [3.63, 3.8) is 0 Å². The van der Waals surface area contributed by atoms with E-state index in [-0.39, 0.29) is 10.6 Å². The third kappa shape index (κ3) is 2.50. The van der Waals surface area contributed by atoms with Gasteiger partial charge in [-0.15, -0.1) is 0 Å². The number of rotatable bonds is 3. The van der Waals surface area contributed by atoms with Gasteiger partial charge in [0.05, 0.1) is 5.56 Å². The maximum atomic E-state index is 11.9. The van der Waals surface area contributed by atoms with E-state index in [1.807, 2.05) is 0 Å². The molecule has 20 heavy (non-hydrogen) atoms. The van der Waals surface area contributed by atoms with Gasteiger partial charge in [-0.2, -0.15) is 5.10 Å². The van der Waals surface area contributed by atoms with Crippen LogP contribution in [0.2, 0.25) is 0 Å². The third-order valence-corrected chi connectivity index (χ3v) is 3.64. The number of hydrogen-bond donors (Lipinski definition) is 1. The van der Waals surface area contributed by atoms with Crippen molar-refractivity contribution in [2.45, 2.75) is 9.92 Å². The van der Waals surface area contributed by atoms with Crippen LogP contribution >= 0.6 is 11.8 Å². The number of benzene rings is 1. The van der Waals surface area contributed by atoms with Crippen LogP contribution in [0, 0.1) is 0 Å². The molecule has 2 rings (SSSR count). The van der Waals surface area contributed by atoms with Gasteiger partial charge in [0, 0.05) is 19.0 Å². The van der Waals surface area contributed by atoms with Crippen LogP contribution < -0.4 is 11.2 Å². The van der Waals surface area contributed by atoms with Gasteiger partial charge in [-0.05, 0) is 12.1 Å². The number of aromatic carboxylic acids is 1. The van der Waals surface area contributed by atoms with E-state index in [9.17, 15) is 14.4 Å². The Morgan fingerprint density at radius 2 is 1.90 bits per heavy atom. The van der Waals surface area contributed by atoms with E-state index in [1.54, 1.807) is 18.2 Å². The summed E-state index contributed by atoms with van der Waals surface area (Å²) in [7, 11) is 2.77.